The van der Waals surface area contributed by atoms with E-state index in [0.29, 0.717) is 11.8 Å². The smallest absolute Gasteiger partial charge is 0.105 e. The average Bonchev–Trinajstić information content (AvgIpc) is 3.58. The molecule has 0 spiro atoms. The summed E-state index contributed by atoms with van der Waals surface area (Å²) in [6.45, 7) is 2.91. The Morgan fingerprint density at radius 3 is 2.67 bits per heavy atom. The number of likely N-dealkylation sites (N-methyl/N-ethyl adjacent to an activating group) is 1. The molecule has 0 aromatic rings. The van der Waals surface area contributed by atoms with Gasteiger partial charge in [0.1, 0.15) is 5.76 Å². The molecule has 27 heavy (non-hydrogen) atoms. The van der Waals surface area contributed by atoms with Crippen LogP contribution in [0.2, 0.25) is 0 Å². The minimum absolute atomic E-state index is 0.000603. The first kappa shape index (κ1) is 17.6. The number of ether oxygens (including phenoxy) is 1. The van der Waals surface area contributed by atoms with Gasteiger partial charge in [-0.15, -0.1) is 0 Å². The van der Waals surface area contributed by atoms with E-state index < -0.39 is 0 Å². The van der Waals surface area contributed by atoms with Crippen molar-refractivity contribution in [2.45, 2.75) is 63.8 Å². The van der Waals surface area contributed by atoms with Gasteiger partial charge in [0.05, 0.1) is 17.6 Å². The van der Waals surface area contributed by atoms with E-state index >= 15 is 0 Å². The van der Waals surface area contributed by atoms with Crippen molar-refractivity contribution in [1.82, 2.24) is 4.90 Å². The minimum Gasteiger partial charge on any atom is -0.498 e. The quantitative estimate of drug-likeness (QED) is 0.631. The van der Waals surface area contributed by atoms with Crippen molar-refractivity contribution in [3.05, 3.63) is 35.1 Å². The highest BCUT2D eigenvalue weighted by molar-refractivity contribution is 5.62. The minimum atomic E-state index is 0.000603. The molecule has 3 fully saturated rings. The van der Waals surface area contributed by atoms with E-state index in [1.54, 1.807) is 11.1 Å². The second kappa shape index (κ2) is 6.28. The number of rotatable bonds is 5. The van der Waals surface area contributed by atoms with Crippen LogP contribution in [0.4, 0.5) is 0 Å². The molecule has 5 rings (SSSR count). The third kappa shape index (κ3) is 2.44. The zero-order valence-corrected chi connectivity index (χ0v) is 17.2. The van der Waals surface area contributed by atoms with Crippen molar-refractivity contribution in [1.29, 1.82) is 0 Å². The first-order valence-corrected chi connectivity index (χ1v) is 11.1. The highest BCUT2D eigenvalue weighted by atomic mass is 16.5. The van der Waals surface area contributed by atoms with E-state index in [-0.39, 0.29) is 11.0 Å². The van der Waals surface area contributed by atoms with Crippen molar-refractivity contribution in [2.75, 3.05) is 20.7 Å². The van der Waals surface area contributed by atoms with Gasteiger partial charge in [-0.25, -0.2) is 0 Å². The molecule has 3 atom stereocenters. The predicted octanol–water partition coefficient (Wildman–Crippen LogP) is 5.09. The Bertz CT molecular complexity index is 783. The zero-order valence-electron chi connectivity index (χ0n) is 17.2. The maximum absolute atomic E-state index is 6.34. The van der Waals surface area contributed by atoms with Gasteiger partial charge in [0.25, 0.3) is 0 Å². The van der Waals surface area contributed by atoms with Gasteiger partial charge in [-0.3, -0.25) is 4.90 Å². The largest absolute Gasteiger partial charge is 0.498 e. The Morgan fingerprint density at radius 1 is 1.19 bits per heavy atom. The van der Waals surface area contributed by atoms with E-state index in [1.807, 2.05) is 0 Å². The molecule has 2 heteroatoms. The molecule has 2 bridgehead atoms. The fourth-order valence-corrected chi connectivity index (χ4v) is 6.38. The van der Waals surface area contributed by atoms with Gasteiger partial charge in [-0.2, -0.15) is 0 Å². The van der Waals surface area contributed by atoms with Crippen LogP contribution in [0.15, 0.2) is 35.1 Å². The Balaban J connectivity index is 1.64. The molecule has 144 valence electrons. The van der Waals surface area contributed by atoms with E-state index in [0.717, 1.165) is 12.5 Å². The van der Waals surface area contributed by atoms with Crippen LogP contribution < -0.4 is 0 Å². The lowest BCUT2D eigenvalue weighted by atomic mass is 9.63. The van der Waals surface area contributed by atoms with Crippen LogP contribution >= 0.6 is 0 Å². The normalized spacial score (nSPS) is 37.5. The highest BCUT2D eigenvalue weighted by Gasteiger charge is 2.69. The van der Waals surface area contributed by atoms with Crippen LogP contribution in [-0.4, -0.2) is 31.1 Å². The molecule has 5 aliphatic rings. The van der Waals surface area contributed by atoms with Crippen molar-refractivity contribution >= 4 is 0 Å². The van der Waals surface area contributed by atoms with E-state index in [4.69, 9.17) is 4.74 Å². The molecule has 0 aromatic carbocycles. The van der Waals surface area contributed by atoms with Gasteiger partial charge in [0, 0.05) is 11.8 Å². The zero-order chi connectivity index (χ0) is 18.6. The lowest BCUT2D eigenvalue weighted by molar-refractivity contribution is 0.0648. The summed E-state index contributed by atoms with van der Waals surface area (Å²) in [6.07, 6.45) is 17.6. The van der Waals surface area contributed by atoms with Crippen molar-refractivity contribution in [2.24, 2.45) is 23.2 Å². The lowest BCUT2D eigenvalue weighted by Gasteiger charge is -2.44. The van der Waals surface area contributed by atoms with Crippen LogP contribution in [0.1, 0.15) is 58.3 Å². The Labute approximate surface area is 164 Å². The molecular formula is C25H33NO. The van der Waals surface area contributed by atoms with Gasteiger partial charge in [0.15, 0.2) is 0 Å². The molecule has 0 saturated heterocycles. The first-order valence-electron chi connectivity index (χ1n) is 11.1. The molecular weight excluding hydrogens is 330 g/mol. The second-order valence-electron chi connectivity index (χ2n) is 9.43. The number of allylic oxidation sites excluding steroid dienone is 2. The molecule has 0 amide bonds. The van der Waals surface area contributed by atoms with Crippen LogP contribution in [-0.2, 0) is 4.74 Å². The molecule has 5 aliphatic carbocycles. The number of nitrogens with zero attached hydrogens (tertiary/aromatic N) is 1. The maximum atomic E-state index is 6.34. The lowest BCUT2D eigenvalue weighted by Crippen LogP contribution is -2.48. The van der Waals surface area contributed by atoms with Crippen LogP contribution in [0, 0.1) is 35.0 Å². The van der Waals surface area contributed by atoms with E-state index in [9.17, 15) is 0 Å². The summed E-state index contributed by atoms with van der Waals surface area (Å²) in [5, 5.41) is 0. The number of hydrogen-bond acceptors (Lipinski definition) is 2. The summed E-state index contributed by atoms with van der Waals surface area (Å²) >= 11 is 0. The molecule has 0 radical (unpaired) electrons. The highest BCUT2D eigenvalue weighted by Crippen LogP contribution is 2.72. The summed E-state index contributed by atoms with van der Waals surface area (Å²) in [6, 6.07) is 0. The fraction of sp³-hybridized carbons (Fsp3) is 0.680. The second-order valence-corrected chi connectivity index (χ2v) is 9.43. The molecule has 0 unspecified atom stereocenters. The van der Waals surface area contributed by atoms with E-state index in [2.05, 4.69) is 56.0 Å². The maximum Gasteiger partial charge on any atom is 0.105 e. The molecule has 0 aromatic heterocycles. The van der Waals surface area contributed by atoms with Crippen molar-refractivity contribution in [3.63, 3.8) is 0 Å². The summed E-state index contributed by atoms with van der Waals surface area (Å²) < 4.78 is 6.34. The SMILES string of the molecule is CCOC1=C[C@]2(N(C)C)C(/C=C/C#CC3CC3)=C(C3CC3)[C@]13CCCC[C@@H]32. The summed E-state index contributed by atoms with van der Waals surface area (Å²) in [5.74, 6) is 10.1. The fourth-order valence-electron chi connectivity index (χ4n) is 6.38. The predicted molar refractivity (Wildman–Crippen MR) is 110 cm³/mol. The van der Waals surface area contributed by atoms with Crippen LogP contribution in [0.5, 0.6) is 0 Å². The average molecular weight is 364 g/mol. The Hall–Kier alpha value is -1.46. The van der Waals surface area contributed by atoms with Gasteiger partial charge < -0.3 is 4.74 Å². The Morgan fingerprint density at radius 2 is 2.00 bits per heavy atom. The molecule has 2 nitrogen and oxygen atoms in total. The monoisotopic (exact) mass is 363 g/mol. The van der Waals surface area contributed by atoms with Gasteiger partial charge in [-0.1, -0.05) is 24.7 Å². The van der Waals surface area contributed by atoms with Crippen LogP contribution in [0.25, 0.3) is 0 Å². The standard InChI is InChI=1S/C25H33NO/c1-4-27-22-17-25(26(2)3)20(10-6-5-9-18-12-13-18)23(19-14-15-19)24(22)16-8-7-11-21(24)25/h6,10,17-19,21H,4,7-8,11-16H2,1-3H3/b10-6+/t21-,24-,25-/m0/s1. The first-order chi connectivity index (χ1) is 13.1. The summed E-state index contributed by atoms with van der Waals surface area (Å²) in [7, 11) is 4.54. The molecule has 3 saturated carbocycles. The summed E-state index contributed by atoms with van der Waals surface area (Å²) in [4.78, 5) is 2.48. The van der Waals surface area contributed by atoms with Gasteiger partial charge in [0.2, 0.25) is 0 Å². The molecule has 0 N–H and O–H groups in total. The number of hydrogen-bond donors (Lipinski definition) is 0. The third-order valence-electron chi connectivity index (χ3n) is 7.66. The van der Waals surface area contributed by atoms with Gasteiger partial charge in [-0.05, 0) is 94.8 Å². The summed E-state index contributed by atoms with van der Waals surface area (Å²) in [5.41, 5.74) is 3.47. The van der Waals surface area contributed by atoms with Crippen LogP contribution in [0.3, 0.4) is 0 Å². The van der Waals surface area contributed by atoms with E-state index in [1.165, 1.54) is 57.1 Å². The molecule has 0 heterocycles. The van der Waals surface area contributed by atoms with Crippen molar-refractivity contribution < 1.29 is 4.74 Å². The topological polar surface area (TPSA) is 12.5 Å². The van der Waals surface area contributed by atoms with Gasteiger partial charge >= 0.3 is 0 Å². The third-order valence-corrected chi connectivity index (χ3v) is 7.66. The Kier molecular flexibility index (Phi) is 4.10. The molecule has 0 aliphatic heterocycles. The van der Waals surface area contributed by atoms with Crippen molar-refractivity contribution in [3.8, 4) is 11.8 Å².